The molecule has 400 valence electrons. The monoisotopic (exact) mass is 1240 g/mol. The first-order valence-corrected chi connectivity index (χ1v) is 25.5. The van der Waals surface area contributed by atoms with Crippen molar-refractivity contribution in [3.05, 3.63) is 194 Å². The number of ether oxygens (including phenoxy) is 2. The molecular weight excluding hydrogens is 1200 g/mol. The van der Waals surface area contributed by atoms with Crippen molar-refractivity contribution >= 4 is 103 Å². The summed E-state index contributed by atoms with van der Waals surface area (Å²) in [6, 6.07) is 28.4. The summed E-state index contributed by atoms with van der Waals surface area (Å²) < 4.78 is 40.4. The number of pyridine rings is 2. The van der Waals surface area contributed by atoms with Gasteiger partial charge in [-0.15, -0.1) is 22.7 Å². The van der Waals surface area contributed by atoms with Crippen molar-refractivity contribution in [2.75, 3.05) is 40.4 Å². The Labute approximate surface area is 490 Å². The van der Waals surface area contributed by atoms with Gasteiger partial charge in [-0.1, -0.05) is 35.3 Å². The average Bonchev–Trinajstić information content (AvgIpc) is 4.41. The van der Waals surface area contributed by atoms with Gasteiger partial charge in [0.2, 0.25) is 0 Å². The number of nitrogens with zero attached hydrogens (tertiary/aromatic N) is 6. The largest absolute Gasteiger partial charge is 2.00 e. The molecule has 3 fully saturated rings. The summed E-state index contributed by atoms with van der Waals surface area (Å²) in [7, 11) is 3.31. The molecule has 0 atom stereocenters. The summed E-state index contributed by atoms with van der Waals surface area (Å²) in [5.74, 6) is -2.91. The Morgan fingerprint density at radius 1 is 0.615 bits per heavy atom. The van der Waals surface area contributed by atoms with Gasteiger partial charge in [0.15, 0.2) is 10.9 Å². The summed E-state index contributed by atoms with van der Waals surface area (Å²) in [5.41, 5.74) is 0.355. The number of piperazine rings is 1. The van der Waals surface area contributed by atoms with Crippen molar-refractivity contribution in [1.29, 1.82) is 0 Å². The molecule has 3 aliphatic rings. The topological polar surface area (TPSA) is 259 Å². The Kier molecular flexibility index (Phi) is 27.4. The number of carbonyl (C=O) groups is 2. The molecule has 0 amide bonds. The summed E-state index contributed by atoms with van der Waals surface area (Å²) in [5, 5.41) is 34.0. The normalized spacial score (nSPS) is 13.2. The number of carbonyl (C=O) groups excluding carboxylic acids is 2. The van der Waals surface area contributed by atoms with Gasteiger partial charge in [0.25, 0.3) is 0 Å². The predicted molar refractivity (Wildman–Crippen MR) is 294 cm³/mol. The molecule has 4 aromatic heterocycles. The van der Waals surface area contributed by atoms with Crippen LogP contribution >= 0.6 is 45.9 Å². The molecule has 0 bridgehead atoms. The van der Waals surface area contributed by atoms with E-state index in [-0.39, 0.29) is 82.8 Å². The maximum atomic E-state index is 13.5. The van der Waals surface area contributed by atoms with Crippen molar-refractivity contribution in [3.8, 4) is 11.5 Å². The molecule has 11 rings (SSSR count). The fourth-order valence-electron chi connectivity index (χ4n) is 7.14. The third kappa shape index (κ3) is 18.6. The van der Waals surface area contributed by atoms with Crippen LogP contribution in [0.2, 0.25) is 10.0 Å². The van der Waals surface area contributed by atoms with Gasteiger partial charge in [-0.05, 0) is 121 Å². The van der Waals surface area contributed by atoms with E-state index < -0.39 is 45.6 Å². The molecule has 4 N–H and O–H groups in total. The van der Waals surface area contributed by atoms with Crippen molar-refractivity contribution < 1.29 is 88.0 Å². The molecule has 8 aromatic rings. The smallest absolute Gasteiger partial charge is 0.665 e. The molecule has 0 radical (unpaired) electrons. The minimum atomic E-state index is -1.56. The Hall–Kier alpha value is -5.89. The number of methoxy groups -OCH3 is 2. The van der Waals surface area contributed by atoms with Crippen LogP contribution in [0, 0.1) is 11.6 Å². The number of thiophene rings is 2. The Morgan fingerprint density at radius 2 is 0.962 bits per heavy atom. The fourth-order valence-corrected chi connectivity index (χ4v) is 8.62. The predicted octanol–water partition coefficient (Wildman–Crippen LogP) is 9.09. The number of benzene rings is 4. The SMILES string of the molecule is C1C[N-]CC[N-]1.COc1ccc(N=Cc2cccs2)cc1.COc1ccc(N=Cc2cccs2)cc1.O.O.O=C([O-])c1cn(C2CC2)c2cc(Cl)c(F)cc2c1=O.O=C([O-])c1cn(C2CC2)c2cc(Cl)c(F)cc2c1=O.[Zn+2].[Zn+2]. The number of carboxylic acid groups (broad SMARTS) is 2. The van der Waals surface area contributed by atoms with E-state index in [0.717, 1.165) is 96.6 Å². The maximum absolute atomic E-state index is 13.5. The number of aromatic carboxylic acids is 2. The van der Waals surface area contributed by atoms with Crippen LogP contribution in [0.15, 0.2) is 140 Å². The van der Waals surface area contributed by atoms with Crippen LogP contribution in [0.4, 0.5) is 20.2 Å². The zero-order valence-electron chi connectivity index (χ0n) is 42.2. The van der Waals surface area contributed by atoms with Gasteiger partial charge in [-0.2, -0.15) is 26.2 Å². The number of hydrogen-bond donors (Lipinski definition) is 0. The van der Waals surface area contributed by atoms with E-state index in [2.05, 4.69) is 20.6 Å². The van der Waals surface area contributed by atoms with Crippen LogP contribution < -0.4 is 30.5 Å². The number of carboxylic acids is 2. The molecule has 5 heterocycles. The third-order valence-electron chi connectivity index (χ3n) is 11.2. The second-order valence-corrected chi connectivity index (χ2v) is 19.2. The van der Waals surface area contributed by atoms with Crippen LogP contribution in [0.1, 0.15) is 68.2 Å². The molecule has 4 aromatic carbocycles. The van der Waals surface area contributed by atoms with Gasteiger partial charge in [0.05, 0.1) is 69.7 Å². The quantitative estimate of drug-likeness (QED) is 0.0940. The minimum absolute atomic E-state index is 0. The van der Waals surface area contributed by atoms with Crippen molar-refractivity contribution in [2.24, 2.45) is 9.98 Å². The maximum Gasteiger partial charge on any atom is 2.00 e. The van der Waals surface area contributed by atoms with Crippen LogP contribution in [-0.4, -0.2) is 84.9 Å². The molecule has 1 saturated heterocycles. The van der Waals surface area contributed by atoms with E-state index >= 15 is 0 Å². The van der Waals surface area contributed by atoms with Crippen LogP contribution in [0.25, 0.3) is 32.4 Å². The average molecular weight is 1250 g/mol. The second-order valence-electron chi connectivity index (χ2n) is 16.4. The fraction of sp³-hybridized carbons (Fsp3) is 0.222. The minimum Gasteiger partial charge on any atom is -0.665 e. The van der Waals surface area contributed by atoms with Crippen LogP contribution in [-0.2, 0) is 39.0 Å². The van der Waals surface area contributed by atoms with Gasteiger partial charge in [0.1, 0.15) is 23.1 Å². The molecule has 1 aliphatic heterocycles. The van der Waals surface area contributed by atoms with Crippen LogP contribution in [0.5, 0.6) is 11.5 Å². The molecule has 16 nitrogen and oxygen atoms in total. The van der Waals surface area contributed by atoms with Crippen LogP contribution in [0.3, 0.4) is 0 Å². The van der Waals surface area contributed by atoms with Gasteiger partial charge < -0.3 is 60.0 Å². The molecular formula is C54H50Cl2F2N6O10S2Zn2. The summed E-state index contributed by atoms with van der Waals surface area (Å²) in [4.78, 5) is 56.9. The number of fused-ring (bicyclic) bond motifs is 2. The van der Waals surface area contributed by atoms with E-state index in [9.17, 15) is 38.2 Å². The Morgan fingerprint density at radius 3 is 1.23 bits per heavy atom. The number of halogens is 4. The standard InChI is InChI=1S/2C13H9ClFNO3.2C12H11NOS.C4H8N2.2H2O.2Zn/c2*14-9-4-11-7(3-10(9)15)12(17)8(13(18)19)5-16(11)6-1-2-6;2*1-14-11-6-4-10(5-7-11)13-9-12-3-2-8-15-12;1-2-6-4-3-5-1;;;;/h2*3-6H,1-2H2,(H,18,19);2*2-9H,1H3;1-4H2;2*1H2;;/q;;;;-2;;;2*+2/p-2. The summed E-state index contributed by atoms with van der Waals surface area (Å²) in [6.45, 7) is 3.83. The van der Waals surface area contributed by atoms with Gasteiger partial charge in [0, 0.05) is 57.4 Å². The van der Waals surface area contributed by atoms with Gasteiger partial charge >= 0.3 is 39.0 Å². The van der Waals surface area contributed by atoms with E-state index in [0.29, 0.717) is 11.0 Å². The molecule has 2 aliphatic carbocycles. The zero-order chi connectivity index (χ0) is 52.7. The zero-order valence-corrected chi connectivity index (χ0v) is 51.3. The Bertz CT molecular complexity index is 3170. The van der Waals surface area contributed by atoms with Gasteiger partial charge in [-0.3, -0.25) is 19.6 Å². The number of rotatable bonds is 10. The van der Waals surface area contributed by atoms with Crippen molar-refractivity contribution in [1.82, 2.24) is 9.13 Å². The van der Waals surface area contributed by atoms with E-state index in [1.165, 1.54) is 24.5 Å². The molecule has 2 saturated carbocycles. The van der Waals surface area contributed by atoms with E-state index in [1.54, 1.807) is 46.0 Å². The molecule has 78 heavy (non-hydrogen) atoms. The number of hydrogen-bond acceptors (Lipinski definition) is 12. The Balaban J connectivity index is 0.000000261. The first-order valence-electron chi connectivity index (χ1n) is 22.9. The van der Waals surface area contributed by atoms with Crippen molar-refractivity contribution in [3.63, 3.8) is 0 Å². The number of aromatic nitrogens is 2. The first-order chi connectivity index (χ1) is 35.7. The van der Waals surface area contributed by atoms with Gasteiger partial charge in [-0.25, -0.2) is 8.78 Å². The van der Waals surface area contributed by atoms with E-state index in [1.807, 2.05) is 96.0 Å². The molecule has 0 unspecified atom stereocenters. The first kappa shape index (κ1) is 66.4. The second kappa shape index (κ2) is 32.2. The van der Waals surface area contributed by atoms with Crippen molar-refractivity contribution in [2.45, 2.75) is 37.8 Å². The summed E-state index contributed by atoms with van der Waals surface area (Å²) >= 11 is 14.8. The number of aliphatic imine (C=N–C) groups is 2. The molecule has 24 heteroatoms. The third-order valence-corrected chi connectivity index (χ3v) is 13.4. The van der Waals surface area contributed by atoms with E-state index in [4.69, 9.17) is 32.7 Å². The molecule has 0 spiro atoms. The summed E-state index contributed by atoms with van der Waals surface area (Å²) in [6.07, 6.45) is 9.80.